The molecule has 7 heteroatoms. The van der Waals surface area contributed by atoms with Crippen molar-refractivity contribution in [3.05, 3.63) is 46.5 Å². The second kappa shape index (κ2) is 8.08. The molecular weight excluding hydrogens is 344 g/mol. The van der Waals surface area contributed by atoms with Crippen LogP contribution >= 0.6 is 0 Å². The summed E-state index contributed by atoms with van der Waals surface area (Å²) >= 11 is 0. The predicted octanol–water partition coefficient (Wildman–Crippen LogP) is 2.57. The van der Waals surface area contributed by atoms with Crippen molar-refractivity contribution in [3.8, 4) is 0 Å². The first kappa shape index (κ1) is 19.4. The lowest BCUT2D eigenvalue weighted by Gasteiger charge is -2.35. The van der Waals surface area contributed by atoms with E-state index in [1.165, 1.54) is 0 Å². The summed E-state index contributed by atoms with van der Waals surface area (Å²) in [6.45, 7) is 7.61. The van der Waals surface area contributed by atoms with Gasteiger partial charge in [0.15, 0.2) is 0 Å². The lowest BCUT2D eigenvalue weighted by atomic mass is 10.0. The van der Waals surface area contributed by atoms with E-state index in [0.29, 0.717) is 18.7 Å². The van der Waals surface area contributed by atoms with Crippen molar-refractivity contribution >= 4 is 11.7 Å². The summed E-state index contributed by atoms with van der Waals surface area (Å²) in [6, 6.07) is 7.34. The van der Waals surface area contributed by atoms with Crippen molar-refractivity contribution in [3.63, 3.8) is 0 Å². The van der Waals surface area contributed by atoms with E-state index in [0.717, 1.165) is 31.5 Å². The number of aromatic nitrogens is 2. The summed E-state index contributed by atoms with van der Waals surface area (Å²) < 4.78 is 6.86. The Morgan fingerprint density at radius 2 is 2.15 bits per heavy atom. The van der Waals surface area contributed by atoms with Gasteiger partial charge >= 0.3 is 6.09 Å². The van der Waals surface area contributed by atoms with Crippen molar-refractivity contribution in [1.82, 2.24) is 19.6 Å². The normalized spacial score (nSPS) is 18.4. The Morgan fingerprint density at radius 1 is 1.33 bits per heavy atom. The molecule has 3 rings (SSSR count). The fourth-order valence-corrected chi connectivity index (χ4v) is 3.41. The third-order valence-corrected chi connectivity index (χ3v) is 4.62. The van der Waals surface area contributed by atoms with Gasteiger partial charge in [-0.1, -0.05) is 12.5 Å². The number of hydrogen-bond donors (Lipinski definition) is 1. The lowest BCUT2D eigenvalue weighted by molar-refractivity contribution is 0.0491. The molecule has 2 aromatic rings. The van der Waals surface area contributed by atoms with Gasteiger partial charge in [0.1, 0.15) is 11.2 Å². The minimum atomic E-state index is -0.506. The summed E-state index contributed by atoms with van der Waals surface area (Å²) in [4.78, 5) is 31.2. The number of fused-ring (bicyclic) bond motifs is 1. The fourth-order valence-electron chi connectivity index (χ4n) is 3.41. The first-order valence-corrected chi connectivity index (χ1v) is 9.50. The van der Waals surface area contributed by atoms with E-state index in [4.69, 9.17) is 4.74 Å². The highest BCUT2D eigenvalue weighted by Crippen LogP contribution is 2.19. The molecule has 146 valence electrons. The highest BCUT2D eigenvalue weighted by atomic mass is 16.6. The second-order valence-corrected chi connectivity index (χ2v) is 8.02. The van der Waals surface area contributed by atoms with E-state index >= 15 is 0 Å². The van der Waals surface area contributed by atoms with Crippen LogP contribution in [0.5, 0.6) is 0 Å². The number of nitrogens with zero attached hydrogens (tertiary/aromatic N) is 3. The number of rotatable bonds is 4. The van der Waals surface area contributed by atoms with Crippen molar-refractivity contribution in [2.24, 2.45) is 0 Å². The maximum absolute atomic E-state index is 12.3. The van der Waals surface area contributed by atoms with Gasteiger partial charge in [-0.15, -0.1) is 0 Å². The van der Waals surface area contributed by atoms with Gasteiger partial charge in [0.05, 0.1) is 5.69 Å². The number of carbonyl (C=O) groups excluding carboxylic acids is 1. The second-order valence-electron chi connectivity index (χ2n) is 8.02. The predicted molar refractivity (Wildman–Crippen MR) is 104 cm³/mol. The van der Waals surface area contributed by atoms with E-state index in [2.05, 4.69) is 15.2 Å². The molecule has 1 aliphatic heterocycles. The van der Waals surface area contributed by atoms with Crippen LogP contribution in [0.2, 0.25) is 0 Å². The zero-order chi connectivity index (χ0) is 19.4. The molecule has 0 bridgehead atoms. The lowest BCUT2D eigenvalue weighted by Crippen LogP contribution is -2.47. The van der Waals surface area contributed by atoms with Crippen LogP contribution in [-0.4, -0.2) is 45.1 Å². The zero-order valence-corrected chi connectivity index (χ0v) is 16.3. The Balaban J connectivity index is 1.67. The Kier molecular flexibility index (Phi) is 5.79. The molecule has 1 atom stereocenters. The smallest absolute Gasteiger partial charge is 0.407 e. The Bertz CT molecular complexity index is 856. The molecule has 0 spiro atoms. The van der Waals surface area contributed by atoms with Crippen LogP contribution in [-0.2, 0) is 11.3 Å². The largest absolute Gasteiger partial charge is 0.444 e. The van der Waals surface area contributed by atoms with Gasteiger partial charge < -0.3 is 10.1 Å². The first-order chi connectivity index (χ1) is 12.8. The van der Waals surface area contributed by atoms with Gasteiger partial charge in [-0.05, 0) is 52.3 Å². The highest BCUT2D eigenvalue weighted by Gasteiger charge is 2.24. The standard InChI is InChI=1S/C20H28N4O3/c1-20(2,3)27-19(26)21-13-16-8-4-6-10-23(16)14-15-12-18(25)24-11-7-5-9-17(24)22-15/h5,7,9,11-12,16H,4,6,8,10,13-14H2,1-3H3,(H,21,26). The van der Waals surface area contributed by atoms with Gasteiger partial charge in [0.25, 0.3) is 5.56 Å². The van der Waals surface area contributed by atoms with Crippen LogP contribution in [0.4, 0.5) is 4.79 Å². The summed E-state index contributed by atoms with van der Waals surface area (Å²) in [5, 5.41) is 2.88. The number of pyridine rings is 1. The number of piperidine rings is 1. The summed E-state index contributed by atoms with van der Waals surface area (Å²) in [7, 11) is 0. The minimum Gasteiger partial charge on any atom is -0.444 e. The third kappa shape index (κ3) is 5.29. The monoisotopic (exact) mass is 372 g/mol. The maximum atomic E-state index is 12.3. The van der Waals surface area contributed by atoms with E-state index in [9.17, 15) is 9.59 Å². The quantitative estimate of drug-likeness (QED) is 0.893. The van der Waals surface area contributed by atoms with Gasteiger partial charge in [-0.3, -0.25) is 14.1 Å². The van der Waals surface area contributed by atoms with E-state index in [-0.39, 0.29) is 11.6 Å². The van der Waals surface area contributed by atoms with Crippen LogP contribution in [0, 0.1) is 0 Å². The van der Waals surface area contributed by atoms with Crippen molar-refractivity contribution in [2.45, 2.75) is 58.2 Å². The average molecular weight is 372 g/mol. The summed E-state index contributed by atoms with van der Waals surface area (Å²) in [6.07, 6.45) is 4.57. The SMILES string of the molecule is CC(C)(C)OC(=O)NCC1CCCCN1Cc1cc(=O)n2ccccc2n1. The molecule has 0 saturated carbocycles. The van der Waals surface area contributed by atoms with Crippen molar-refractivity contribution in [2.75, 3.05) is 13.1 Å². The molecular formula is C20H28N4O3. The third-order valence-electron chi connectivity index (χ3n) is 4.62. The number of likely N-dealkylation sites (tertiary alicyclic amines) is 1. The van der Waals surface area contributed by atoms with Gasteiger partial charge in [-0.2, -0.15) is 0 Å². The molecule has 0 aliphatic carbocycles. The topological polar surface area (TPSA) is 75.9 Å². The fraction of sp³-hybridized carbons (Fsp3) is 0.550. The molecule has 7 nitrogen and oxygen atoms in total. The van der Waals surface area contributed by atoms with E-state index < -0.39 is 11.7 Å². The Hall–Kier alpha value is -2.41. The Morgan fingerprint density at radius 3 is 2.93 bits per heavy atom. The van der Waals surface area contributed by atoms with Crippen LogP contribution < -0.4 is 10.9 Å². The number of carbonyl (C=O) groups is 1. The van der Waals surface area contributed by atoms with Crippen molar-refractivity contribution in [1.29, 1.82) is 0 Å². The van der Waals surface area contributed by atoms with E-state index in [1.54, 1.807) is 16.7 Å². The number of amides is 1. The molecule has 1 fully saturated rings. The molecule has 3 heterocycles. The van der Waals surface area contributed by atoms with Crippen LogP contribution in [0.1, 0.15) is 45.7 Å². The number of ether oxygens (including phenoxy) is 1. The van der Waals surface area contributed by atoms with Crippen LogP contribution in [0.15, 0.2) is 35.3 Å². The average Bonchev–Trinajstić information content (AvgIpc) is 2.59. The molecule has 2 aromatic heterocycles. The number of hydrogen-bond acceptors (Lipinski definition) is 5. The molecule has 27 heavy (non-hydrogen) atoms. The van der Waals surface area contributed by atoms with Crippen molar-refractivity contribution < 1.29 is 9.53 Å². The van der Waals surface area contributed by atoms with Gasteiger partial charge in [0.2, 0.25) is 0 Å². The molecule has 1 saturated heterocycles. The van der Waals surface area contributed by atoms with Gasteiger partial charge in [-0.25, -0.2) is 9.78 Å². The van der Waals surface area contributed by atoms with Crippen LogP contribution in [0.25, 0.3) is 5.65 Å². The number of nitrogens with one attached hydrogen (secondary N) is 1. The first-order valence-electron chi connectivity index (χ1n) is 9.50. The molecule has 0 radical (unpaired) electrons. The molecule has 1 unspecified atom stereocenters. The number of alkyl carbamates (subject to hydrolysis) is 1. The summed E-state index contributed by atoms with van der Waals surface area (Å²) in [5.41, 5.74) is 0.833. The maximum Gasteiger partial charge on any atom is 0.407 e. The molecule has 1 N–H and O–H groups in total. The molecule has 0 aromatic carbocycles. The Labute approximate surface area is 159 Å². The van der Waals surface area contributed by atoms with E-state index in [1.807, 2.05) is 39.0 Å². The molecule has 1 aliphatic rings. The highest BCUT2D eigenvalue weighted by molar-refractivity contribution is 5.67. The van der Waals surface area contributed by atoms with Crippen LogP contribution in [0.3, 0.4) is 0 Å². The summed E-state index contributed by atoms with van der Waals surface area (Å²) in [5.74, 6) is 0. The zero-order valence-electron chi connectivity index (χ0n) is 16.3. The van der Waals surface area contributed by atoms with Gasteiger partial charge in [0, 0.05) is 31.4 Å². The minimum absolute atomic E-state index is 0.0731. The molecule has 1 amide bonds.